The lowest BCUT2D eigenvalue weighted by Gasteiger charge is -2.12. The molecule has 0 atom stereocenters. The van der Waals surface area contributed by atoms with E-state index in [1.165, 1.54) is 24.3 Å². The Morgan fingerprint density at radius 1 is 0.844 bits per heavy atom. The monoisotopic (exact) mass is 439 g/mol. The summed E-state index contributed by atoms with van der Waals surface area (Å²) in [4.78, 5) is 24.5. The summed E-state index contributed by atoms with van der Waals surface area (Å²) in [6, 6.07) is 19.2. The number of nitrogens with one attached hydrogen (secondary N) is 1. The first-order valence-corrected chi connectivity index (χ1v) is 9.77. The molecule has 1 N–H and O–H groups in total. The van der Waals surface area contributed by atoms with Crippen LogP contribution in [0, 0.1) is 5.82 Å². The average molecular weight is 439 g/mol. The van der Waals surface area contributed by atoms with Gasteiger partial charge in [-0.3, -0.25) is 4.79 Å². The standard InChI is InChI=1S/C24H22FNO6/c1-29-17-10-12-18(13-11-17)30-14-15-31-24(28)19-6-2-5-9-22(19)32-16-23(27)26-21-8-4-3-7-20(21)25/h2-13H,14-16H2,1H3,(H,26,27). The van der Waals surface area contributed by atoms with E-state index in [9.17, 15) is 14.0 Å². The van der Waals surface area contributed by atoms with Gasteiger partial charge in [-0.2, -0.15) is 0 Å². The van der Waals surface area contributed by atoms with Crippen molar-refractivity contribution >= 4 is 17.6 Å². The van der Waals surface area contributed by atoms with Gasteiger partial charge in [0.1, 0.15) is 41.8 Å². The predicted molar refractivity (Wildman–Crippen MR) is 116 cm³/mol. The van der Waals surface area contributed by atoms with Gasteiger partial charge in [-0.05, 0) is 48.5 Å². The number of methoxy groups -OCH3 is 1. The van der Waals surface area contributed by atoms with Crippen molar-refractivity contribution in [2.75, 3.05) is 32.2 Å². The molecule has 3 aromatic rings. The highest BCUT2D eigenvalue weighted by atomic mass is 19.1. The van der Waals surface area contributed by atoms with Crippen LogP contribution in [0.5, 0.6) is 17.2 Å². The summed E-state index contributed by atoms with van der Waals surface area (Å²) in [7, 11) is 1.58. The van der Waals surface area contributed by atoms with Gasteiger partial charge in [-0.1, -0.05) is 24.3 Å². The Labute approximate surface area is 184 Å². The van der Waals surface area contributed by atoms with E-state index in [4.69, 9.17) is 18.9 Å². The average Bonchev–Trinajstić information content (AvgIpc) is 2.82. The first kappa shape index (κ1) is 22.6. The highest BCUT2D eigenvalue weighted by Crippen LogP contribution is 2.20. The van der Waals surface area contributed by atoms with Gasteiger partial charge in [-0.25, -0.2) is 9.18 Å². The number of ether oxygens (including phenoxy) is 4. The number of carbonyl (C=O) groups is 2. The van der Waals surface area contributed by atoms with Crippen molar-refractivity contribution in [1.82, 2.24) is 0 Å². The second-order valence-electron chi connectivity index (χ2n) is 6.47. The Kier molecular flexibility index (Phi) is 8.02. The highest BCUT2D eigenvalue weighted by molar-refractivity contribution is 5.94. The second-order valence-corrected chi connectivity index (χ2v) is 6.47. The van der Waals surface area contributed by atoms with Gasteiger partial charge in [0.25, 0.3) is 5.91 Å². The molecule has 0 aliphatic carbocycles. The van der Waals surface area contributed by atoms with Crippen LogP contribution in [0.1, 0.15) is 10.4 Å². The molecule has 0 unspecified atom stereocenters. The molecular formula is C24H22FNO6. The van der Waals surface area contributed by atoms with Crippen molar-refractivity contribution in [2.45, 2.75) is 0 Å². The molecule has 0 spiro atoms. The van der Waals surface area contributed by atoms with Crippen LogP contribution in [0.4, 0.5) is 10.1 Å². The summed E-state index contributed by atoms with van der Waals surface area (Å²) in [6.45, 7) is -0.224. The lowest BCUT2D eigenvalue weighted by atomic mass is 10.2. The van der Waals surface area contributed by atoms with Crippen LogP contribution < -0.4 is 19.5 Å². The van der Waals surface area contributed by atoms with Gasteiger partial charge in [0, 0.05) is 0 Å². The molecule has 7 nitrogen and oxygen atoms in total. The molecule has 0 aromatic heterocycles. The smallest absolute Gasteiger partial charge is 0.342 e. The van der Waals surface area contributed by atoms with Crippen molar-refractivity contribution in [3.8, 4) is 17.2 Å². The van der Waals surface area contributed by atoms with Crippen LogP contribution >= 0.6 is 0 Å². The van der Waals surface area contributed by atoms with E-state index in [2.05, 4.69) is 5.32 Å². The third-order valence-electron chi connectivity index (χ3n) is 4.26. The number of carbonyl (C=O) groups excluding carboxylic acids is 2. The third-order valence-corrected chi connectivity index (χ3v) is 4.26. The van der Waals surface area contributed by atoms with E-state index < -0.39 is 24.3 Å². The number of para-hydroxylation sites is 2. The van der Waals surface area contributed by atoms with Crippen molar-refractivity contribution in [3.63, 3.8) is 0 Å². The third kappa shape index (κ3) is 6.46. The number of hydrogen-bond donors (Lipinski definition) is 1. The number of amides is 1. The summed E-state index contributed by atoms with van der Waals surface area (Å²) in [5, 5.41) is 2.41. The second kappa shape index (κ2) is 11.4. The van der Waals surface area contributed by atoms with Crippen LogP contribution in [-0.2, 0) is 9.53 Å². The van der Waals surface area contributed by atoms with E-state index >= 15 is 0 Å². The summed E-state index contributed by atoms with van der Waals surface area (Å²) < 4.78 is 34.9. The molecule has 32 heavy (non-hydrogen) atoms. The van der Waals surface area contributed by atoms with Crippen molar-refractivity contribution < 1.29 is 32.9 Å². The summed E-state index contributed by atoms with van der Waals surface area (Å²) in [5.74, 6) is -0.229. The molecule has 0 radical (unpaired) electrons. The normalized spacial score (nSPS) is 10.2. The molecule has 3 rings (SSSR count). The molecule has 166 valence electrons. The van der Waals surface area contributed by atoms with Crippen molar-refractivity contribution in [2.24, 2.45) is 0 Å². The number of anilines is 1. The highest BCUT2D eigenvalue weighted by Gasteiger charge is 2.15. The van der Waals surface area contributed by atoms with Gasteiger partial charge in [0.2, 0.25) is 0 Å². The minimum Gasteiger partial charge on any atom is -0.497 e. The predicted octanol–water partition coefficient (Wildman–Crippen LogP) is 4.09. The Balaban J connectivity index is 1.48. The zero-order valence-corrected chi connectivity index (χ0v) is 17.4. The zero-order valence-electron chi connectivity index (χ0n) is 17.4. The first-order chi connectivity index (χ1) is 15.6. The number of esters is 1. The first-order valence-electron chi connectivity index (χ1n) is 9.77. The Morgan fingerprint density at radius 3 is 2.28 bits per heavy atom. The van der Waals surface area contributed by atoms with Crippen LogP contribution in [0.15, 0.2) is 72.8 Å². The molecule has 0 aliphatic heterocycles. The lowest BCUT2D eigenvalue weighted by molar-refractivity contribution is -0.118. The lowest BCUT2D eigenvalue weighted by Crippen LogP contribution is -2.21. The SMILES string of the molecule is COc1ccc(OCCOC(=O)c2ccccc2OCC(=O)Nc2ccccc2F)cc1. The van der Waals surface area contributed by atoms with E-state index in [-0.39, 0.29) is 30.2 Å². The quantitative estimate of drug-likeness (QED) is 0.379. The molecule has 0 heterocycles. The molecule has 0 saturated carbocycles. The maximum atomic E-state index is 13.6. The number of benzene rings is 3. The zero-order chi connectivity index (χ0) is 22.8. The molecule has 8 heteroatoms. The largest absolute Gasteiger partial charge is 0.497 e. The maximum Gasteiger partial charge on any atom is 0.342 e. The van der Waals surface area contributed by atoms with Gasteiger partial charge >= 0.3 is 5.97 Å². The van der Waals surface area contributed by atoms with E-state index in [1.807, 2.05) is 0 Å². The molecular weight excluding hydrogens is 417 g/mol. The van der Waals surface area contributed by atoms with E-state index in [0.29, 0.717) is 11.5 Å². The molecule has 0 fully saturated rings. The van der Waals surface area contributed by atoms with E-state index in [1.54, 1.807) is 55.6 Å². The van der Waals surface area contributed by atoms with Crippen LogP contribution in [0.2, 0.25) is 0 Å². The van der Waals surface area contributed by atoms with Gasteiger partial charge in [-0.15, -0.1) is 0 Å². The van der Waals surface area contributed by atoms with Gasteiger partial charge < -0.3 is 24.3 Å². The fourth-order valence-electron chi connectivity index (χ4n) is 2.70. The Morgan fingerprint density at radius 2 is 1.53 bits per heavy atom. The van der Waals surface area contributed by atoms with Crippen LogP contribution in [0.25, 0.3) is 0 Å². The number of hydrogen-bond acceptors (Lipinski definition) is 6. The Hall–Kier alpha value is -4.07. The molecule has 0 aliphatic rings. The summed E-state index contributed by atoms with van der Waals surface area (Å²) in [5.41, 5.74) is 0.210. The Bertz CT molecular complexity index is 1050. The summed E-state index contributed by atoms with van der Waals surface area (Å²) in [6.07, 6.45) is 0. The number of rotatable bonds is 10. The van der Waals surface area contributed by atoms with Gasteiger partial charge in [0.05, 0.1) is 12.8 Å². The number of halogens is 1. The molecule has 0 saturated heterocycles. The van der Waals surface area contributed by atoms with Crippen LogP contribution in [0.3, 0.4) is 0 Å². The van der Waals surface area contributed by atoms with E-state index in [0.717, 1.165) is 0 Å². The summed E-state index contributed by atoms with van der Waals surface area (Å²) >= 11 is 0. The van der Waals surface area contributed by atoms with Crippen molar-refractivity contribution in [1.29, 1.82) is 0 Å². The fourth-order valence-corrected chi connectivity index (χ4v) is 2.70. The minimum absolute atomic E-state index is 0.0208. The topological polar surface area (TPSA) is 83.1 Å². The van der Waals surface area contributed by atoms with Gasteiger partial charge in [0.15, 0.2) is 6.61 Å². The molecule has 0 bridgehead atoms. The fraction of sp³-hybridized carbons (Fsp3) is 0.167. The van der Waals surface area contributed by atoms with Crippen molar-refractivity contribution in [3.05, 3.63) is 84.2 Å². The molecule has 3 aromatic carbocycles. The maximum absolute atomic E-state index is 13.6. The minimum atomic E-state index is -0.617. The van der Waals surface area contributed by atoms with Crippen LogP contribution in [-0.4, -0.2) is 38.8 Å². The molecule has 1 amide bonds.